The molecule has 3 atom stereocenters. The number of hydrogen-bond acceptors (Lipinski definition) is 4. The molecule has 5 heteroatoms. The normalized spacial score (nSPS) is 28.9. The summed E-state index contributed by atoms with van der Waals surface area (Å²) in [5, 5.41) is 3.98. The first-order valence-corrected chi connectivity index (χ1v) is 7.41. The van der Waals surface area contributed by atoms with Crippen LogP contribution in [-0.4, -0.2) is 42.3 Å². The molecule has 0 spiro atoms. The number of aromatic nitrogens is 1. The summed E-state index contributed by atoms with van der Waals surface area (Å²) >= 11 is 0. The van der Waals surface area contributed by atoms with Crippen molar-refractivity contribution in [2.75, 3.05) is 20.2 Å². The minimum atomic E-state index is 0.0870. The fourth-order valence-corrected chi connectivity index (χ4v) is 3.69. The molecule has 2 heterocycles. The van der Waals surface area contributed by atoms with Gasteiger partial charge < -0.3 is 14.2 Å². The third kappa shape index (κ3) is 2.14. The van der Waals surface area contributed by atoms with Crippen molar-refractivity contribution in [2.24, 2.45) is 11.8 Å². The molecule has 1 aromatic heterocycles. The van der Waals surface area contributed by atoms with Gasteiger partial charge in [0.1, 0.15) is 11.3 Å². The average Bonchev–Trinajstić information content (AvgIpc) is 3.09. The first kappa shape index (κ1) is 13.6. The topological polar surface area (TPSA) is 55.6 Å². The lowest BCUT2D eigenvalue weighted by Gasteiger charge is -2.18. The molecule has 1 aliphatic heterocycles. The number of hydrogen-bond donors (Lipinski definition) is 0. The van der Waals surface area contributed by atoms with Crippen molar-refractivity contribution in [1.29, 1.82) is 0 Å². The molecular formula is C15H22N2O3. The lowest BCUT2D eigenvalue weighted by Crippen LogP contribution is -2.31. The number of carbonyl (C=O) groups is 1. The molecule has 0 radical (unpaired) electrons. The number of rotatable bonds is 3. The molecule has 1 unspecified atom stereocenters. The van der Waals surface area contributed by atoms with Crippen LogP contribution in [0.2, 0.25) is 0 Å². The molecule has 1 aliphatic carbocycles. The highest BCUT2D eigenvalue weighted by molar-refractivity contribution is 5.96. The minimum absolute atomic E-state index is 0.0870. The molecule has 110 valence electrons. The van der Waals surface area contributed by atoms with Gasteiger partial charge >= 0.3 is 0 Å². The lowest BCUT2D eigenvalue weighted by atomic mass is 10.0. The van der Waals surface area contributed by atoms with Crippen molar-refractivity contribution in [3.05, 3.63) is 17.0 Å². The van der Waals surface area contributed by atoms with Gasteiger partial charge in [0.2, 0.25) is 0 Å². The summed E-state index contributed by atoms with van der Waals surface area (Å²) in [6, 6.07) is 0. The first-order chi connectivity index (χ1) is 9.63. The quantitative estimate of drug-likeness (QED) is 0.849. The molecule has 20 heavy (non-hydrogen) atoms. The van der Waals surface area contributed by atoms with E-state index in [1.54, 1.807) is 7.11 Å². The van der Waals surface area contributed by atoms with Crippen molar-refractivity contribution in [3.63, 3.8) is 0 Å². The van der Waals surface area contributed by atoms with E-state index in [1.807, 2.05) is 18.7 Å². The van der Waals surface area contributed by atoms with Gasteiger partial charge in [0, 0.05) is 20.2 Å². The van der Waals surface area contributed by atoms with E-state index < -0.39 is 0 Å². The Balaban J connectivity index is 1.73. The molecule has 1 amide bonds. The van der Waals surface area contributed by atoms with Gasteiger partial charge in [0.05, 0.1) is 11.8 Å². The van der Waals surface area contributed by atoms with E-state index in [9.17, 15) is 4.79 Å². The average molecular weight is 278 g/mol. The maximum Gasteiger partial charge on any atom is 0.259 e. The number of carbonyl (C=O) groups excluding carboxylic acids is 1. The molecular weight excluding hydrogens is 256 g/mol. The van der Waals surface area contributed by atoms with Gasteiger partial charge in [-0.25, -0.2) is 0 Å². The second-order valence-corrected chi connectivity index (χ2v) is 5.97. The van der Waals surface area contributed by atoms with E-state index in [1.165, 1.54) is 0 Å². The number of nitrogens with zero attached hydrogens (tertiary/aromatic N) is 2. The number of likely N-dealkylation sites (tertiary alicyclic amines) is 1. The van der Waals surface area contributed by atoms with E-state index >= 15 is 0 Å². The van der Waals surface area contributed by atoms with Gasteiger partial charge in [0.25, 0.3) is 5.91 Å². The van der Waals surface area contributed by atoms with E-state index in [2.05, 4.69) is 5.16 Å². The SMILES string of the molecule is CCc1noc(C)c1C(=O)N1C[C@H]2CC(OC)C[C@H]2C1. The van der Waals surface area contributed by atoms with Crippen LogP contribution in [0.25, 0.3) is 0 Å². The molecule has 0 aromatic carbocycles. The summed E-state index contributed by atoms with van der Waals surface area (Å²) in [7, 11) is 1.78. The molecule has 1 aromatic rings. The van der Waals surface area contributed by atoms with Crippen LogP contribution in [-0.2, 0) is 11.2 Å². The highest BCUT2D eigenvalue weighted by Crippen LogP contribution is 2.39. The molecule has 0 bridgehead atoms. The van der Waals surface area contributed by atoms with Crippen LogP contribution in [0.3, 0.4) is 0 Å². The standard InChI is InChI=1S/C15H22N2O3/c1-4-13-14(9(2)20-16-13)15(18)17-7-10-5-12(19-3)6-11(10)8-17/h10-12H,4-8H2,1-3H3/t10-,11+,12?. The Morgan fingerprint density at radius 2 is 2.05 bits per heavy atom. The third-order valence-electron chi connectivity index (χ3n) is 4.81. The van der Waals surface area contributed by atoms with Crippen LogP contribution < -0.4 is 0 Å². The molecule has 5 nitrogen and oxygen atoms in total. The van der Waals surface area contributed by atoms with Crippen LogP contribution in [0, 0.1) is 18.8 Å². The summed E-state index contributed by atoms with van der Waals surface area (Å²) in [5.74, 6) is 1.91. The predicted molar refractivity (Wildman–Crippen MR) is 73.5 cm³/mol. The molecule has 0 N–H and O–H groups in total. The van der Waals surface area contributed by atoms with Crippen LogP contribution >= 0.6 is 0 Å². The predicted octanol–water partition coefficient (Wildman–Crippen LogP) is 2.04. The van der Waals surface area contributed by atoms with Gasteiger partial charge in [-0.1, -0.05) is 12.1 Å². The van der Waals surface area contributed by atoms with Gasteiger partial charge in [0.15, 0.2) is 0 Å². The zero-order valence-corrected chi connectivity index (χ0v) is 12.4. The molecule has 1 saturated carbocycles. The van der Waals surface area contributed by atoms with Crippen LogP contribution in [0.4, 0.5) is 0 Å². The van der Waals surface area contributed by atoms with Gasteiger partial charge in [-0.05, 0) is 38.0 Å². The van der Waals surface area contributed by atoms with Crippen molar-refractivity contribution in [1.82, 2.24) is 10.1 Å². The summed E-state index contributed by atoms with van der Waals surface area (Å²) in [6.45, 7) is 5.50. The Morgan fingerprint density at radius 3 is 2.60 bits per heavy atom. The Kier molecular flexibility index (Phi) is 3.54. The van der Waals surface area contributed by atoms with Gasteiger partial charge in [-0.15, -0.1) is 0 Å². The third-order valence-corrected chi connectivity index (χ3v) is 4.81. The maximum absolute atomic E-state index is 12.7. The Bertz CT molecular complexity index is 497. The minimum Gasteiger partial charge on any atom is -0.381 e. The smallest absolute Gasteiger partial charge is 0.259 e. The number of methoxy groups -OCH3 is 1. The highest BCUT2D eigenvalue weighted by atomic mass is 16.5. The Morgan fingerprint density at radius 1 is 1.40 bits per heavy atom. The monoisotopic (exact) mass is 278 g/mol. The molecule has 2 aliphatic rings. The largest absolute Gasteiger partial charge is 0.381 e. The second-order valence-electron chi connectivity index (χ2n) is 5.97. The first-order valence-electron chi connectivity index (χ1n) is 7.41. The Hall–Kier alpha value is -1.36. The fraction of sp³-hybridized carbons (Fsp3) is 0.733. The fourth-order valence-electron chi connectivity index (χ4n) is 3.69. The summed E-state index contributed by atoms with van der Waals surface area (Å²) in [5.41, 5.74) is 1.45. The lowest BCUT2D eigenvalue weighted by molar-refractivity contribution is 0.0729. The molecule has 2 fully saturated rings. The maximum atomic E-state index is 12.7. The molecule has 1 saturated heterocycles. The van der Waals surface area contributed by atoms with Crippen LogP contribution in [0.1, 0.15) is 41.6 Å². The second kappa shape index (κ2) is 5.20. The van der Waals surface area contributed by atoms with Crippen molar-refractivity contribution in [2.45, 2.75) is 39.2 Å². The Labute approximate surface area is 119 Å². The highest BCUT2D eigenvalue weighted by Gasteiger charge is 2.43. The number of fused-ring (bicyclic) bond motifs is 1. The van der Waals surface area contributed by atoms with E-state index in [0.29, 0.717) is 29.3 Å². The summed E-state index contributed by atoms with van der Waals surface area (Å²) in [4.78, 5) is 14.7. The van der Waals surface area contributed by atoms with E-state index in [4.69, 9.17) is 9.26 Å². The van der Waals surface area contributed by atoms with Crippen molar-refractivity contribution < 1.29 is 14.1 Å². The van der Waals surface area contributed by atoms with Crippen molar-refractivity contribution in [3.8, 4) is 0 Å². The summed E-state index contributed by atoms with van der Waals surface area (Å²) in [6.07, 6.45) is 3.26. The zero-order valence-electron chi connectivity index (χ0n) is 12.4. The van der Waals surface area contributed by atoms with E-state index in [-0.39, 0.29) is 5.91 Å². The molecule has 3 rings (SSSR count). The van der Waals surface area contributed by atoms with Gasteiger partial charge in [-0.2, -0.15) is 0 Å². The zero-order chi connectivity index (χ0) is 14.3. The summed E-state index contributed by atoms with van der Waals surface area (Å²) < 4.78 is 10.6. The number of aryl methyl sites for hydroxylation is 2. The number of amides is 1. The van der Waals surface area contributed by atoms with E-state index in [0.717, 1.165) is 38.0 Å². The van der Waals surface area contributed by atoms with Gasteiger partial charge in [-0.3, -0.25) is 4.79 Å². The van der Waals surface area contributed by atoms with Crippen LogP contribution in [0.15, 0.2) is 4.52 Å². The van der Waals surface area contributed by atoms with Crippen molar-refractivity contribution >= 4 is 5.91 Å². The van der Waals surface area contributed by atoms with Crippen LogP contribution in [0.5, 0.6) is 0 Å². The number of ether oxygens (including phenoxy) is 1.